The van der Waals surface area contributed by atoms with Gasteiger partial charge in [0, 0.05) is 0 Å². The van der Waals surface area contributed by atoms with Crippen LogP contribution in [0.5, 0.6) is 0 Å². The fourth-order valence-electron chi connectivity index (χ4n) is 2.23. The number of nitrogens with one attached hydrogen (secondary N) is 1. The molecule has 0 radical (unpaired) electrons. The first-order valence-corrected chi connectivity index (χ1v) is 5.87. The Morgan fingerprint density at radius 3 is 2.70 bits per heavy atom. The van der Waals surface area contributed by atoms with Crippen molar-refractivity contribution in [1.29, 1.82) is 0 Å². The van der Waals surface area contributed by atoms with Crippen LogP contribution in [0.4, 0.5) is 5.82 Å². The first kappa shape index (κ1) is 13.1. The summed E-state index contributed by atoms with van der Waals surface area (Å²) in [7, 11) is 0. The lowest BCUT2D eigenvalue weighted by Crippen LogP contribution is -2.33. The largest absolute Gasteiger partial charge is 0.394 e. The van der Waals surface area contributed by atoms with Crippen molar-refractivity contribution in [2.24, 2.45) is 0 Å². The molecule has 2 aromatic rings. The van der Waals surface area contributed by atoms with Gasteiger partial charge in [-0.25, -0.2) is 15.0 Å². The molecule has 1 aliphatic heterocycles. The number of aromatic nitrogens is 4. The lowest BCUT2D eigenvalue weighted by atomic mass is 10.1. The molecule has 3 rings (SSSR count). The molecule has 1 fully saturated rings. The molecular formula is C10H13N5O5. The molecule has 108 valence electrons. The van der Waals surface area contributed by atoms with E-state index in [-0.39, 0.29) is 11.3 Å². The minimum atomic E-state index is -1.23. The molecule has 3 heterocycles. The van der Waals surface area contributed by atoms with Crippen LogP contribution >= 0.6 is 0 Å². The number of hydrogen-bond donors (Lipinski definition) is 5. The zero-order valence-corrected chi connectivity index (χ0v) is 10.2. The zero-order chi connectivity index (χ0) is 14.3. The Hall–Kier alpha value is -1.85. The summed E-state index contributed by atoms with van der Waals surface area (Å²) in [4.78, 5) is 11.8. The summed E-state index contributed by atoms with van der Waals surface area (Å²) >= 11 is 0. The molecule has 0 unspecified atom stereocenters. The Morgan fingerprint density at radius 1 is 1.25 bits per heavy atom. The summed E-state index contributed by atoms with van der Waals surface area (Å²) in [6.45, 7) is -0.417. The van der Waals surface area contributed by atoms with Crippen LogP contribution < -0.4 is 5.48 Å². The van der Waals surface area contributed by atoms with Gasteiger partial charge < -0.3 is 20.1 Å². The van der Waals surface area contributed by atoms with E-state index in [0.29, 0.717) is 5.65 Å². The van der Waals surface area contributed by atoms with Crippen LogP contribution in [0, 0.1) is 0 Å². The van der Waals surface area contributed by atoms with Crippen LogP contribution in [0.2, 0.25) is 0 Å². The van der Waals surface area contributed by atoms with E-state index in [0.717, 1.165) is 0 Å². The maximum Gasteiger partial charge on any atom is 0.181 e. The fraction of sp³-hybridized carbons (Fsp3) is 0.500. The van der Waals surface area contributed by atoms with Crippen LogP contribution in [-0.2, 0) is 4.74 Å². The smallest absolute Gasteiger partial charge is 0.181 e. The molecule has 4 atom stereocenters. The monoisotopic (exact) mass is 283 g/mol. The van der Waals surface area contributed by atoms with Gasteiger partial charge in [-0.1, -0.05) is 0 Å². The van der Waals surface area contributed by atoms with Gasteiger partial charge in [-0.05, 0) is 0 Å². The molecule has 5 N–H and O–H groups in total. The highest BCUT2D eigenvalue weighted by Crippen LogP contribution is 2.31. The van der Waals surface area contributed by atoms with Crippen molar-refractivity contribution in [3.63, 3.8) is 0 Å². The molecule has 20 heavy (non-hydrogen) atoms. The minimum absolute atomic E-state index is 0.112. The van der Waals surface area contributed by atoms with Crippen molar-refractivity contribution in [3.8, 4) is 0 Å². The van der Waals surface area contributed by atoms with Crippen molar-refractivity contribution in [2.75, 3.05) is 12.1 Å². The van der Waals surface area contributed by atoms with Crippen molar-refractivity contribution >= 4 is 17.0 Å². The Kier molecular flexibility index (Phi) is 3.23. The molecular weight excluding hydrogens is 270 g/mol. The topological polar surface area (TPSA) is 146 Å². The highest BCUT2D eigenvalue weighted by molar-refractivity contribution is 5.82. The van der Waals surface area contributed by atoms with E-state index < -0.39 is 31.1 Å². The van der Waals surface area contributed by atoms with Crippen molar-refractivity contribution in [1.82, 2.24) is 19.5 Å². The van der Waals surface area contributed by atoms with Gasteiger partial charge >= 0.3 is 0 Å². The van der Waals surface area contributed by atoms with E-state index >= 15 is 0 Å². The van der Waals surface area contributed by atoms with E-state index in [2.05, 4.69) is 15.0 Å². The van der Waals surface area contributed by atoms with E-state index in [1.807, 2.05) is 5.48 Å². The van der Waals surface area contributed by atoms with Crippen molar-refractivity contribution in [2.45, 2.75) is 24.5 Å². The van der Waals surface area contributed by atoms with E-state index in [9.17, 15) is 10.2 Å². The van der Waals surface area contributed by atoms with Gasteiger partial charge in [-0.3, -0.25) is 15.3 Å². The SMILES string of the molecule is OC[C@@H]1O[C@@H](n2cnc3c(NO)ncnc32)[C@@H](O)[C@@H]1O. The highest BCUT2D eigenvalue weighted by atomic mass is 16.6. The number of nitrogens with zero attached hydrogens (tertiary/aromatic N) is 4. The van der Waals surface area contributed by atoms with Crippen molar-refractivity contribution in [3.05, 3.63) is 12.7 Å². The third-order valence-electron chi connectivity index (χ3n) is 3.26. The molecule has 1 saturated heterocycles. The molecule has 2 aromatic heterocycles. The summed E-state index contributed by atoms with van der Waals surface area (Å²) in [5.74, 6) is 0.112. The molecule has 0 spiro atoms. The number of rotatable bonds is 3. The highest BCUT2D eigenvalue weighted by Gasteiger charge is 2.43. The van der Waals surface area contributed by atoms with Gasteiger partial charge in [-0.15, -0.1) is 0 Å². The maximum absolute atomic E-state index is 9.97. The summed E-state index contributed by atoms with van der Waals surface area (Å²) in [5, 5.41) is 37.7. The first-order chi connectivity index (χ1) is 9.67. The van der Waals surface area contributed by atoms with E-state index in [1.54, 1.807) is 0 Å². The van der Waals surface area contributed by atoms with Crippen LogP contribution in [0.3, 0.4) is 0 Å². The third kappa shape index (κ3) is 1.82. The predicted octanol–water partition coefficient (Wildman–Crippen LogP) is -1.76. The molecule has 0 aromatic carbocycles. The second kappa shape index (κ2) is 4.92. The average Bonchev–Trinajstić information content (AvgIpc) is 3.01. The lowest BCUT2D eigenvalue weighted by molar-refractivity contribution is -0.0511. The van der Waals surface area contributed by atoms with Gasteiger partial charge in [-0.2, -0.15) is 0 Å². The maximum atomic E-state index is 9.97. The fourth-order valence-corrected chi connectivity index (χ4v) is 2.23. The predicted molar refractivity (Wildman–Crippen MR) is 63.7 cm³/mol. The third-order valence-corrected chi connectivity index (χ3v) is 3.26. The average molecular weight is 283 g/mol. The Labute approximate surface area is 112 Å². The quantitative estimate of drug-likeness (QED) is 0.413. The molecule has 0 saturated carbocycles. The van der Waals surface area contributed by atoms with Gasteiger partial charge in [0.2, 0.25) is 0 Å². The minimum Gasteiger partial charge on any atom is -0.394 e. The lowest BCUT2D eigenvalue weighted by Gasteiger charge is -2.16. The van der Waals surface area contributed by atoms with Gasteiger partial charge in [0.15, 0.2) is 23.2 Å². The number of imidazole rings is 1. The molecule has 1 aliphatic rings. The number of hydrogen-bond acceptors (Lipinski definition) is 9. The summed E-state index contributed by atoms with van der Waals surface area (Å²) in [6, 6.07) is 0. The molecule has 10 nitrogen and oxygen atoms in total. The standard InChI is InChI=1S/C10H13N5O5/c16-1-4-6(17)7(18)10(20-4)15-3-13-5-8(14-19)11-2-12-9(5)15/h2-4,6-7,10,16-19H,1H2,(H,11,12,14)/t4-,6+,7-,10+/m0/s1. The number of anilines is 1. The second-order valence-corrected chi connectivity index (χ2v) is 4.39. The number of fused-ring (bicyclic) bond motifs is 1. The first-order valence-electron chi connectivity index (χ1n) is 5.87. The van der Waals surface area contributed by atoms with Crippen LogP contribution in [0.15, 0.2) is 12.7 Å². The van der Waals surface area contributed by atoms with E-state index in [4.69, 9.17) is 15.1 Å². The molecule has 10 heteroatoms. The Bertz CT molecular complexity index is 619. The number of aliphatic hydroxyl groups excluding tert-OH is 3. The number of aliphatic hydroxyl groups is 3. The Morgan fingerprint density at radius 2 is 2.05 bits per heavy atom. The van der Waals surface area contributed by atoms with Crippen LogP contribution in [-0.4, -0.2) is 65.0 Å². The van der Waals surface area contributed by atoms with Crippen LogP contribution in [0.1, 0.15) is 6.23 Å². The second-order valence-electron chi connectivity index (χ2n) is 4.39. The zero-order valence-electron chi connectivity index (χ0n) is 10.2. The number of ether oxygens (including phenoxy) is 1. The normalized spacial score (nSPS) is 30.0. The molecule has 0 bridgehead atoms. The summed E-state index contributed by atoms with van der Waals surface area (Å²) in [5.41, 5.74) is 2.49. The van der Waals surface area contributed by atoms with Gasteiger partial charge in [0.05, 0.1) is 12.9 Å². The van der Waals surface area contributed by atoms with Crippen molar-refractivity contribution < 1.29 is 25.3 Å². The summed E-state index contributed by atoms with van der Waals surface area (Å²) < 4.78 is 6.79. The van der Waals surface area contributed by atoms with Crippen LogP contribution in [0.25, 0.3) is 11.2 Å². The molecule has 0 amide bonds. The van der Waals surface area contributed by atoms with Gasteiger partial charge in [0.1, 0.15) is 24.6 Å². The van der Waals surface area contributed by atoms with Gasteiger partial charge in [0.25, 0.3) is 0 Å². The summed E-state index contributed by atoms with van der Waals surface area (Å²) in [6.07, 6.45) is -1.70. The Balaban J connectivity index is 2.03. The molecule has 0 aliphatic carbocycles. The van der Waals surface area contributed by atoms with E-state index in [1.165, 1.54) is 17.2 Å².